The zero-order valence-electron chi connectivity index (χ0n) is 16.6. The molecule has 3 aromatic rings. The van der Waals surface area contributed by atoms with Crippen molar-refractivity contribution in [3.8, 4) is 5.75 Å². The van der Waals surface area contributed by atoms with Crippen LogP contribution >= 0.6 is 45.8 Å². The minimum Gasteiger partial charge on any atom is -0.486 e. The van der Waals surface area contributed by atoms with Gasteiger partial charge in [0.1, 0.15) is 12.3 Å². The molecule has 1 aliphatic rings. The van der Waals surface area contributed by atoms with E-state index in [1.165, 1.54) is 0 Å². The fourth-order valence-electron chi connectivity index (χ4n) is 3.18. The van der Waals surface area contributed by atoms with Crippen molar-refractivity contribution in [1.82, 2.24) is 10.2 Å². The van der Waals surface area contributed by atoms with Crippen molar-refractivity contribution in [1.29, 1.82) is 0 Å². The molecule has 3 amide bonds. The van der Waals surface area contributed by atoms with Crippen molar-refractivity contribution in [2.45, 2.75) is 13.2 Å². The normalized spacial score (nSPS) is 14.7. The van der Waals surface area contributed by atoms with Gasteiger partial charge in [-0.05, 0) is 69.6 Å². The maximum absolute atomic E-state index is 12.7. The molecular weight excluding hydrogens is 562 g/mol. The third kappa shape index (κ3) is 5.26. The van der Waals surface area contributed by atoms with E-state index in [1.807, 2.05) is 54.6 Å². The first-order valence-electron chi connectivity index (χ1n) is 9.65. The maximum Gasteiger partial charge on any atom is 0.329 e. The lowest BCUT2D eigenvalue weighted by Gasteiger charge is -2.12. The van der Waals surface area contributed by atoms with E-state index < -0.39 is 11.9 Å². The van der Waals surface area contributed by atoms with E-state index in [-0.39, 0.29) is 12.2 Å². The average Bonchev–Trinajstić information content (AvgIpc) is 3.02. The Labute approximate surface area is 209 Å². The van der Waals surface area contributed by atoms with Crippen molar-refractivity contribution in [3.05, 3.63) is 103 Å². The predicted molar refractivity (Wildman–Crippen MR) is 133 cm³/mol. The Balaban J connectivity index is 1.49. The first kappa shape index (κ1) is 22.6. The van der Waals surface area contributed by atoms with Gasteiger partial charge in [-0.2, -0.15) is 0 Å². The second kappa shape index (κ2) is 9.94. The highest BCUT2D eigenvalue weighted by atomic mass is 127. The summed E-state index contributed by atoms with van der Waals surface area (Å²) < 4.78 is 6.94. The van der Waals surface area contributed by atoms with Crippen LogP contribution in [0.3, 0.4) is 0 Å². The van der Waals surface area contributed by atoms with Gasteiger partial charge in [0, 0.05) is 3.57 Å². The van der Waals surface area contributed by atoms with Gasteiger partial charge >= 0.3 is 6.03 Å². The third-order valence-electron chi connectivity index (χ3n) is 4.77. The lowest BCUT2D eigenvalue weighted by Crippen LogP contribution is -2.30. The van der Waals surface area contributed by atoms with E-state index in [0.717, 1.165) is 19.6 Å². The molecule has 162 valence electrons. The van der Waals surface area contributed by atoms with Gasteiger partial charge < -0.3 is 10.1 Å². The largest absolute Gasteiger partial charge is 0.486 e. The Hall–Kier alpha value is -2.55. The first-order valence-corrected chi connectivity index (χ1v) is 11.5. The number of ether oxygens (including phenoxy) is 1. The standard InChI is InChI=1S/C24H17Cl2IN2O3/c25-19-10-17(11-20(26)22(19)32-14-16-6-8-18(27)9-7-16)12-21-23(30)29(24(31)28-21)13-15-4-2-1-3-5-15/h1-12H,13-14H2,(H,28,31)/b21-12+. The van der Waals surface area contributed by atoms with Crippen LogP contribution in [0.4, 0.5) is 4.79 Å². The van der Waals surface area contributed by atoms with Gasteiger partial charge in [0.2, 0.25) is 0 Å². The van der Waals surface area contributed by atoms with E-state index in [2.05, 4.69) is 27.9 Å². The summed E-state index contributed by atoms with van der Waals surface area (Å²) >= 11 is 15.0. The predicted octanol–water partition coefficient (Wildman–Crippen LogP) is 6.27. The summed E-state index contributed by atoms with van der Waals surface area (Å²) in [4.78, 5) is 26.2. The van der Waals surface area contributed by atoms with Crippen molar-refractivity contribution in [2.75, 3.05) is 0 Å². The number of nitrogens with one attached hydrogen (secondary N) is 1. The van der Waals surface area contributed by atoms with Gasteiger partial charge in [-0.1, -0.05) is 65.7 Å². The second-order valence-corrected chi connectivity index (χ2v) is 9.15. The Morgan fingerprint density at radius 3 is 2.25 bits per heavy atom. The van der Waals surface area contributed by atoms with Crippen LogP contribution in [0.1, 0.15) is 16.7 Å². The van der Waals surface area contributed by atoms with E-state index in [0.29, 0.717) is 28.0 Å². The molecule has 0 atom stereocenters. The van der Waals surface area contributed by atoms with Gasteiger partial charge in [-0.3, -0.25) is 9.69 Å². The molecule has 0 saturated carbocycles. The number of hydrogen-bond donors (Lipinski definition) is 1. The number of rotatable bonds is 6. The van der Waals surface area contributed by atoms with E-state index >= 15 is 0 Å². The van der Waals surface area contributed by atoms with E-state index in [9.17, 15) is 9.59 Å². The number of benzene rings is 3. The lowest BCUT2D eigenvalue weighted by molar-refractivity contribution is -0.123. The summed E-state index contributed by atoms with van der Waals surface area (Å²) in [5.74, 6) is -0.0494. The van der Waals surface area contributed by atoms with Gasteiger partial charge in [0.15, 0.2) is 5.75 Å². The molecule has 0 spiro atoms. The van der Waals surface area contributed by atoms with E-state index in [1.54, 1.807) is 18.2 Å². The molecule has 3 aromatic carbocycles. The van der Waals surface area contributed by atoms with Crippen LogP contribution in [0, 0.1) is 3.57 Å². The van der Waals surface area contributed by atoms with Gasteiger partial charge in [0.05, 0.1) is 16.6 Å². The Morgan fingerprint density at radius 1 is 0.938 bits per heavy atom. The fraction of sp³-hybridized carbons (Fsp3) is 0.0833. The Morgan fingerprint density at radius 2 is 1.59 bits per heavy atom. The molecule has 1 saturated heterocycles. The molecule has 1 heterocycles. The molecule has 0 aliphatic carbocycles. The minimum absolute atomic E-state index is 0.158. The number of imide groups is 1. The van der Waals surface area contributed by atoms with Crippen LogP contribution in [0.15, 0.2) is 72.4 Å². The summed E-state index contributed by atoms with van der Waals surface area (Å²) in [6.45, 7) is 0.509. The number of amides is 3. The van der Waals surface area contributed by atoms with Gasteiger partial charge in [-0.25, -0.2) is 4.79 Å². The topological polar surface area (TPSA) is 58.6 Å². The number of halogens is 3. The summed E-state index contributed by atoms with van der Waals surface area (Å²) in [6.07, 6.45) is 1.55. The van der Waals surface area contributed by atoms with Crippen LogP contribution in [-0.4, -0.2) is 16.8 Å². The Bertz CT molecular complexity index is 1170. The fourth-order valence-corrected chi connectivity index (χ4v) is 4.16. The van der Waals surface area contributed by atoms with Gasteiger partial charge in [0.25, 0.3) is 5.91 Å². The average molecular weight is 579 g/mol. The van der Waals surface area contributed by atoms with E-state index in [4.69, 9.17) is 27.9 Å². The van der Waals surface area contributed by atoms with Crippen molar-refractivity contribution < 1.29 is 14.3 Å². The number of carbonyl (C=O) groups is 2. The van der Waals surface area contributed by atoms with Crippen LogP contribution in [-0.2, 0) is 17.9 Å². The SMILES string of the molecule is O=C1N/C(=C/c2cc(Cl)c(OCc3ccc(I)cc3)c(Cl)c2)C(=O)N1Cc1ccccc1. The van der Waals surface area contributed by atoms with Crippen LogP contribution in [0.25, 0.3) is 6.08 Å². The number of nitrogens with zero attached hydrogens (tertiary/aromatic N) is 1. The first-order chi connectivity index (χ1) is 15.4. The molecule has 0 bridgehead atoms. The van der Waals surface area contributed by atoms with Gasteiger partial charge in [-0.15, -0.1) is 0 Å². The summed E-state index contributed by atoms with van der Waals surface area (Å²) in [6, 6.07) is 20.0. The monoisotopic (exact) mass is 578 g/mol. The molecule has 0 aromatic heterocycles. The maximum atomic E-state index is 12.7. The second-order valence-electron chi connectivity index (χ2n) is 7.09. The number of hydrogen-bond acceptors (Lipinski definition) is 3. The molecular formula is C24H17Cl2IN2O3. The molecule has 1 N–H and O–H groups in total. The highest BCUT2D eigenvalue weighted by Crippen LogP contribution is 2.35. The lowest BCUT2D eigenvalue weighted by atomic mass is 10.1. The van der Waals surface area contributed by atoms with Crippen LogP contribution in [0.2, 0.25) is 10.0 Å². The molecule has 1 fully saturated rings. The van der Waals surface area contributed by atoms with Crippen LogP contribution in [0.5, 0.6) is 5.75 Å². The zero-order valence-corrected chi connectivity index (χ0v) is 20.3. The van der Waals surface area contributed by atoms with Crippen LogP contribution < -0.4 is 10.1 Å². The Kier molecular flexibility index (Phi) is 7.03. The molecule has 1 aliphatic heterocycles. The van der Waals surface area contributed by atoms with Crippen molar-refractivity contribution in [3.63, 3.8) is 0 Å². The zero-order chi connectivity index (χ0) is 22.7. The highest BCUT2D eigenvalue weighted by molar-refractivity contribution is 14.1. The van der Waals surface area contributed by atoms with Crippen molar-refractivity contribution >= 4 is 63.8 Å². The number of carbonyl (C=O) groups excluding carboxylic acids is 2. The smallest absolute Gasteiger partial charge is 0.329 e. The third-order valence-corrected chi connectivity index (χ3v) is 6.05. The summed E-state index contributed by atoms with van der Waals surface area (Å²) in [5.41, 5.74) is 2.58. The molecule has 32 heavy (non-hydrogen) atoms. The molecule has 5 nitrogen and oxygen atoms in total. The molecule has 4 rings (SSSR count). The molecule has 0 unspecified atom stereocenters. The summed E-state index contributed by atoms with van der Waals surface area (Å²) in [7, 11) is 0. The number of urea groups is 1. The molecule has 0 radical (unpaired) electrons. The summed E-state index contributed by atoms with van der Waals surface area (Å²) in [5, 5.41) is 3.23. The highest BCUT2D eigenvalue weighted by Gasteiger charge is 2.33. The minimum atomic E-state index is -0.472. The molecule has 8 heteroatoms. The quantitative estimate of drug-likeness (QED) is 0.213. The van der Waals surface area contributed by atoms with Crippen molar-refractivity contribution in [2.24, 2.45) is 0 Å².